The predicted molar refractivity (Wildman–Crippen MR) is 103 cm³/mol. The van der Waals surface area contributed by atoms with Crippen molar-refractivity contribution in [1.29, 1.82) is 0 Å². The zero-order valence-electron chi connectivity index (χ0n) is 15.9. The van der Waals surface area contributed by atoms with Gasteiger partial charge in [0.1, 0.15) is 28.2 Å². The standard InChI is InChI=1S/C22H17F3O4/c1-21(2)9-8-14-17(29-21)11-18(27-3)19-15(26)10-16(28-20(14)19)12-4-6-13(7-5-12)22(23,24)25/h4-11H,1-3H3. The second-order valence-electron chi connectivity index (χ2n) is 7.28. The average Bonchev–Trinajstić information content (AvgIpc) is 2.65. The van der Waals surface area contributed by atoms with E-state index in [1.807, 2.05) is 19.9 Å². The van der Waals surface area contributed by atoms with Gasteiger partial charge in [-0.1, -0.05) is 12.1 Å². The van der Waals surface area contributed by atoms with E-state index >= 15 is 0 Å². The third-order valence-corrected chi connectivity index (χ3v) is 4.71. The number of alkyl halides is 3. The SMILES string of the molecule is COc1cc2c(c3oc(-c4ccc(C(F)(F)F)cc4)cc(=O)c13)C=CC(C)(C)O2. The summed E-state index contributed by atoms with van der Waals surface area (Å²) in [6.45, 7) is 3.77. The van der Waals surface area contributed by atoms with Crippen molar-refractivity contribution in [2.75, 3.05) is 7.11 Å². The molecule has 0 spiro atoms. The maximum Gasteiger partial charge on any atom is 0.416 e. The molecule has 7 heteroatoms. The quantitative estimate of drug-likeness (QED) is 0.554. The Kier molecular flexibility index (Phi) is 4.22. The minimum absolute atomic E-state index is 0.157. The monoisotopic (exact) mass is 402 g/mol. The first-order chi connectivity index (χ1) is 13.6. The molecular formula is C22H17F3O4. The van der Waals surface area contributed by atoms with Gasteiger partial charge < -0.3 is 13.9 Å². The predicted octanol–water partition coefficient (Wildman–Crippen LogP) is 5.67. The van der Waals surface area contributed by atoms with Crippen LogP contribution in [0, 0.1) is 0 Å². The second kappa shape index (κ2) is 6.40. The molecule has 0 aliphatic carbocycles. The van der Waals surface area contributed by atoms with E-state index in [4.69, 9.17) is 13.9 Å². The molecule has 3 aromatic rings. The number of rotatable bonds is 2. The molecule has 2 heterocycles. The third-order valence-electron chi connectivity index (χ3n) is 4.71. The van der Waals surface area contributed by atoms with Crippen LogP contribution in [0.2, 0.25) is 0 Å². The van der Waals surface area contributed by atoms with Gasteiger partial charge in [0.25, 0.3) is 0 Å². The molecule has 0 unspecified atom stereocenters. The highest BCUT2D eigenvalue weighted by Crippen LogP contribution is 2.41. The van der Waals surface area contributed by atoms with Gasteiger partial charge in [-0.05, 0) is 38.1 Å². The summed E-state index contributed by atoms with van der Waals surface area (Å²) in [5, 5.41) is 0.245. The molecule has 0 fully saturated rings. The van der Waals surface area contributed by atoms with Crippen molar-refractivity contribution >= 4 is 17.0 Å². The highest BCUT2D eigenvalue weighted by molar-refractivity contribution is 5.94. The van der Waals surface area contributed by atoms with Crippen LogP contribution < -0.4 is 14.9 Å². The molecule has 0 N–H and O–H groups in total. The van der Waals surface area contributed by atoms with Gasteiger partial charge >= 0.3 is 6.18 Å². The van der Waals surface area contributed by atoms with Crippen molar-refractivity contribution in [3.8, 4) is 22.8 Å². The summed E-state index contributed by atoms with van der Waals surface area (Å²) in [4.78, 5) is 12.8. The van der Waals surface area contributed by atoms with E-state index in [0.29, 0.717) is 22.6 Å². The Morgan fingerprint density at radius 2 is 1.76 bits per heavy atom. The van der Waals surface area contributed by atoms with E-state index in [0.717, 1.165) is 12.1 Å². The topological polar surface area (TPSA) is 48.7 Å². The number of benzene rings is 2. The lowest BCUT2D eigenvalue weighted by atomic mass is 9.99. The maximum atomic E-state index is 12.8. The minimum Gasteiger partial charge on any atom is -0.496 e. The Hall–Kier alpha value is -3.22. The lowest BCUT2D eigenvalue weighted by molar-refractivity contribution is -0.137. The van der Waals surface area contributed by atoms with E-state index < -0.39 is 17.3 Å². The van der Waals surface area contributed by atoms with Gasteiger partial charge in [0.05, 0.1) is 18.2 Å². The summed E-state index contributed by atoms with van der Waals surface area (Å²) >= 11 is 0. The lowest BCUT2D eigenvalue weighted by Gasteiger charge is -2.28. The van der Waals surface area contributed by atoms with E-state index in [2.05, 4.69) is 0 Å². The number of hydrogen-bond donors (Lipinski definition) is 0. The first kappa shape index (κ1) is 19.1. The molecule has 0 radical (unpaired) electrons. The van der Waals surface area contributed by atoms with E-state index in [1.165, 1.54) is 25.3 Å². The first-order valence-corrected chi connectivity index (χ1v) is 8.84. The fourth-order valence-electron chi connectivity index (χ4n) is 3.27. The van der Waals surface area contributed by atoms with Crippen molar-refractivity contribution in [3.63, 3.8) is 0 Å². The Bertz CT molecular complexity index is 1190. The maximum absolute atomic E-state index is 12.8. The Morgan fingerprint density at radius 1 is 1.07 bits per heavy atom. The molecule has 0 saturated carbocycles. The summed E-state index contributed by atoms with van der Waals surface area (Å²) in [5.74, 6) is 0.956. The normalized spacial score (nSPS) is 15.1. The first-order valence-electron chi connectivity index (χ1n) is 8.84. The molecule has 0 saturated heterocycles. The molecule has 0 bridgehead atoms. The van der Waals surface area contributed by atoms with Crippen LogP contribution in [-0.4, -0.2) is 12.7 Å². The van der Waals surface area contributed by atoms with Crippen LogP contribution >= 0.6 is 0 Å². The fraction of sp³-hybridized carbons (Fsp3) is 0.227. The molecule has 1 aromatic heterocycles. The molecule has 0 atom stereocenters. The average molecular weight is 402 g/mol. The molecule has 1 aliphatic heterocycles. The summed E-state index contributed by atoms with van der Waals surface area (Å²) in [6.07, 6.45) is -0.795. The van der Waals surface area contributed by atoms with Crippen LogP contribution in [0.3, 0.4) is 0 Å². The van der Waals surface area contributed by atoms with Crippen molar-refractivity contribution in [1.82, 2.24) is 0 Å². The summed E-state index contributed by atoms with van der Waals surface area (Å²) < 4.78 is 55.7. The van der Waals surface area contributed by atoms with Crippen LogP contribution in [0.25, 0.3) is 28.4 Å². The fourth-order valence-corrected chi connectivity index (χ4v) is 3.27. The minimum atomic E-state index is -4.44. The largest absolute Gasteiger partial charge is 0.496 e. The number of fused-ring (bicyclic) bond motifs is 3. The molecule has 0 amide bonds. The zero-order chi connectivity index (χ0) is 21.0. The molecule has 29 heavy (non-hydrogen) atoms. The van der Waals surface area contributed by atoms with E-state index in [9.17, 15) is 18.0 Å². The number of ether oxygens (including phenoxy) is 2. The van der Waals surface area contributed by atoms with E-state index in [1.54, 1.807) is 12.1 Å². The lowest BCUT2D eigenvalue weighted by Crippen LogP contribution is -2.27. The highest BCUT2D eigenvalue weighted by atomic mass is 19.4. The second-order valence-corrected chi connectivity index (χ2v) is 7.28. The van der Waals surface area contributed by atoms with Crippen LogP contribution in [0.15, 0.2) is 51.7 Å². The van der Waals surface area contributed by atoms with Crippen molar-refractivity contribution < 1.29 is 27.1 Å². The van der Waals surface area contributed by atoms with Gasteiger partial charge in [0, 0.05) is 17.7 Å². The zero-order valence-corrected chi connectivity index (χ0v) is 15.9. The van der Waals surface area contributed by atoms with Gasteiger partial charge in [-0.2, -0.15) is 13.2 Å². The van der Waals surface area contributed by atoms with Crippen molar-refractivity contribution in [3.05, 3.63) is 63.8 Å². The highest BCUT2D eigenvalue weighted by Gasteiger charge is 2.30. The summed E-state index contributed by atoms with van der Waals surface area (Å²) in [5.41, 5.74) is -0.494. The van der Waals surface area contributed by atoms with Crippen molar-refractivity contribution in [2.45, 2.75) is 25.6 Å². The van der Waals surface area contributed by atoms with Crippen LogP contribution in [0.4, 0.5) is 13.2 Å². The molecule has 150 valence electrons. The van der Waals surface area contributed by atoms with Crippen LogP contribution in [0.5, 0.6) is 11.5 Å². The Balaban J connectivity index is 1.94. The third kappa shape index (κ3) is 3.37. The Morgan fingerprint density at radius 3 is 2.38 bits per heavy atom. The van der Waals surface area contributed by atoms with E-state index in [-0.39, 0.29) is 22.2 Å². The molecule has 4 nitrogen and oxygen atoms in total. The van der Waals surface area contributed by atoms with Gasteiger partial charge in [-0.15, -0.1) is 0 Å². The summed E-state index contributed by atoms with van der Waals surface area (Å²) in [6, 6.07) is 7.33. The number of hydrogen-bond acceptors (Lipinski definition) is 4. The van der Waals surface area contributed by atoms with Crippen molar-refractivity contribution in [2.24, 2.45) is 0 Å². The number of methoxy groups -OCH3 is 1. The molecular weight excluding hydrogens is 385 g/mol. The smallest absolute Gasteiger partial charge is 0.416 e. The van der Waals surface area contributed by atoms with Crippen LogP contribution in [0.1, 0.15) is 25.0 Å². The summed E-state index contributed by atoms with van der Waals surface area (Å²) in [7, 11) is 1.44. The molecule has 2 aromatic carbocycles. The Labute approximate surface area is 164 Å². The molecule has 1 aliphatic rings. The van der Waals surface area contributed by atoms with Gasteiger partial charge in [0.15, 0.2) is 11.0 Å². The van der Waals surface area contributed by atoms with Crippen LogP contribution in [-0.2, 0) is 6.18 Å². The number of halogens is 3. The van der Waals surface area contributed by atoms with Gasteiger partial charge in [0.2, 0.25) is 0 Å². The molecule has 4 rings (SSSR count). The van der Waals surface area contributed by atoms with Gasteiger partial charge in [-0.25, -0.2) is 0 Å². The van der Waals surface area contributed by atoms with Gasteiger partial charge in [-0.3, -0.25) is 4.79 Å².